The first-order valence-electron chi connectivity index (χ1n) is 10.4. The fraction of sp³-hybridized carbons (Fsp3) is 0.240. The van der Waals surface area contributed by atoms with Crippen LogP contribution in [-0.4, -0.2) is 40.9 Å². The average molecular weight is 521 g/mol. The molecule has 0 aliphatic heterocycles. The Hall–Kier alpha value is -4.42. The fourth-order valence-corrected chi connectivity index (χ4v) is 3.05. The van der Waals surface area contributed by atoms with Crippen LogP contribution in [0.15, 0.2) is 48.5 Å². The Bertz CT molecular complexity index is 1270. The van der Waals surface area contributed by atoms with E-state index in [1.165, 1.54) is 41.9 Å². The van der Waals surface area contributed by atoms with Gasteiger partial charge < -0.3 is 10.6 Å². The number of benzene rings is 2. The van der Waals surface area contributed by atoms with Crippen molar-refractivity contribution in [2.24, 2.45) is 0 Å². The van der Waals surface area contributed by atoms with Gasteiger partial charge in [-0.3, -0.25) is 19.6 Å². The molecule has 0 spiro atoms. The van der Waals surface area contributed by atoms with E-state index in [0.717, 1.165) is 26.0 Å². The van der Waals surface area contributed by atoms with Gasteiger partial charge in [0.2, 0.25) is 5.91 Å². The summed E-state index contributed by atoms with van der Waals surface area (Å²) in [6, 6.07) is 7.57. The lowest BCUT2D eigenvalue weighted by Crippen LogP contribution is -2.68. The van der Waals surface area contributed by atoms with Crippen LogP contribution in [0.3, 0.4) is 0 Å². The van der Waals surface area contributed by atoms with Gasteiger partial charge in [-0.25, -0.2) is 14.3 Å². The standard InChI is InChI=1S/C25H20F5N3O4/c1-15(34)32-24(2,23(26)27)20(22(36)33-37)31-21(35)18-11-7-16(8-12-18)5-3-4-6-17-9-13-19(14-10-17)25(28,29)30/h7-14,20,23,37H,1-2H3,(H,31,35)(H,32,34)(H,33,36)/t20-,24?/m1/s1. The lowest BCUT2D eigenvalue weighted by atomic mass is 9.91. The molecule has 2 aromatic carbocycles. The molecule has 4 N–H and O–H groups in total. The van der Waals surface area contributed by atoms with Crippen LogP contribution in [0, 0.1) is 23.7 Å². The van der Waals surface area contributed by atoms with Gasteiger partial charge >= 0.3 is 6.18 Å². The molecular formula is C25H20F5N3O4. The van der Waals surface area contributed by atoms with E-state index in [1.54, 1.807) is 0 Å². The summed E-state index contributed by atoms with van der Waals surface area (Å²) in [5, 5.41) is 13.0. The molecule has 0 aromatic heterocycles. The van der Waals surface area contributed by atoms with E-state index >= 15 is 0 Å². The number of rotatable bonds is 6. The number of carbonyl (C=O) groups excluding carboxylic acids is 3. The van der Waals surface area contributed by atoms with Crippen molar-refractivity contribution >= 4 is 17.7 Å². The molecule has 0 aliphatic rings. The van der Waals surface area contributed by atoms with Crippen molar-refractivity contribution in [3.05, 3.63) is 70.8 Å². The maximum Gasteiger partial charge on any atom is 0.416 e. The maximum atomic E-state index is 13.7. The summed E-state index contributed by atoms with van der Waals surface area (Å²) in [4.78, 5) is 36.0. The third-order valence-corrected chi connectivity index (χ3v) is 4.98. The number of amides is 3. The first-order chi connectivity index (χ1) is 17.3. The van der Waals surface area contributed by atoms with E-state index in [0.29, 0.717) is 11.1 Å². The lowest BCUT2D eigenvalue weighted by Gasteiger charge is -2.36. The molecule has 2 atom stereocenters. The highest BCUT2D eigenvalue weighted by molar-refractivity contribution is 5.98. The highest BCUT2D eigenvalue weighted by atomic mass is 19.4. The average Bonchev–Trinajstić information content (AvgIpc) is 2.84. The quantitative estimate of drug-likeness (QED) is 0.203. The molecule has 0 saturated carbocycles. The molecule has 2 aromatic rings. The van der Waals surface area contributed by atoms with Crippen LogP contribution >= 0.6 is 0 Å². The first-order valence-corrected chi connectivity index (χ1v) is 10.4. The monoisotopic (exact) mass is 521 g/mol. The van der Waals surface area contributed by atoms with Gasteiger partial charge in [-0.2, -0.15) is 13.2 Å². The summed E-state index contributed by atoms with van der Waals surface area (Å²) in [6.07, 6.45) is -7.74. The molecule has 12 heteroatoms. The summed E-state index contributed by atoms with van der Waals surface area (Å²) in [5.41, 5.74) is -1.46. The summed E-state index contributed by atoms with van der Waals surface area (Å²) in [7, 11) is 0. The molecule has 2 rings (SSSR count). The zero-order valence-corrected chi connectivity index (χ0v) is 19.3. The van der Waals surface area contributed by atoms with Crippen molar-refractivity contribution in [1.82, 2.24) is 16.1 Å². The van der Waals surface area contributed by atoms with Crippen LogP contribution in [0.25, 0.3) is 0 Å². The molecule has 0 fully saturated rings. The van der Waals surface area contributed by atoms with Crippen molar-refractivity contribution in [3.63, 3.8) is 0 Å². The van der Waals surface area contributed by atoms with Gasteiger partial charge in [-0.1, -0.05) is 11.8 Å². The van der Waals surface area contributed by atoms with E-state index in [4.69, 9.17) is 5.21 Å². The molecule has 7 nitrogen and oxygen atoms in total. The van der Waals surface area contributed by atoms with Crippen LogP contribution in [0.4, 0.5) is 22.0 Å². The molecule has 0 saturated heterocycles. The van der Waals surface area contributed by atoms with Crippen molar-refractivity contribution in [1.29, 1.82) is 0 Å². The van der Waals surface area contributed by atoms with E-state index in [9.17, 15) is 36.3 Å². The van der Waals surface area contributed by atoms with E-state index in [2.05, 4.69) is 29.0 Å². The van der Waals surface area contributed by atoms with Gasteiger partial charge in [0.15, 0.2) is 0 Å². The molecular weight excluding hydrogens is 501 g/mol. The minimum absolute atomic E-state index is 0.0448. The van der Waals surface area contributed by atoms with E-state index in [1.807, 2.05) is 5.32 Å². The lowest BCUT2D eigenvalue weighted by molar-refractivity contribution is -0.138. The number of hydrogen-bond donors (Lipinski definition) is 4. The van der Waals surface area contributed by atoms with Crippen LogP contribution in [0.1, 0.15) is 40.9 Å². The molecule has 0 aliphatic carbocycles. The molecule has 3 amide bonds. The first kappa shape index (κ1) is 28.8. The predicted molar refractivity (Wildman–Crippen MR) is 121 cm³/mol. The van der Waals surface area contributed by atoms with Crippen LogP contribution in [0.2, 0.25) is 0 Å². The van der Waals surface area contributed by atoms with E-state index in [-0.39, 0.29) is 5.56 Å². The number of hydrogen-bond acceptors (Lipinski definition) is 4. The number of hydroxylamine groups is 1. The van der Waals surface area contributed by atoms with Crippen molar-refractivity contribution in [2.75, 3.05) is 0 Å². The minimum Gasteiger partial charge on any atom is -0.343 e. The summed E-state index contributed by atoms with van der Waals surface area (Å²) >= 11 is 0. The second-order valence-corrected chi connectivity index (χ2v) is 7.80. The van der Waals surface area contributed by atoms with Crippen molar-refractivity contribution in [2.45, 2.75) is 38.0 Å². The van der Waals surface area contributed by atoms with Crippen LogP contribution < -0.4 is 16.1 Å². The molecule has 0 bridgehead atoms. The maximum absolute atomic E-state index is 13.7. The highest BCUT2D eigenvalue weighted by Gasteiger charge is 2.48. The van der Waals surface area contributed by atoms with Crippen LogP contribution in [0.5, 0.6) is 0 Å². The van der Waals surface area contributed by atoms with Crippen molar-refractivity contribution in [3.8, 4) is 23.7 Å². The number of alkyl halides is 5. The number of carbonyl (C=O) groups is 3. The fourth-order valence-electron chi connectivity index (χ4n) is 3.05. The van der Waals surface area contributed by atoms with Gasteiger partial charge in [-0.05, 0) is 67.3 Å². The number of nitrogens with one attached hydrogen (secondary N) is 3. The highest BCUT2D eigenvalue weighted by Crippen LogP contribution is 2.29. The Morgan fingerprint density at radius 3 is 1.78 bits per heavy atom. The normalized spacial score (nSPS) is 13.1. The van der Waals surface area contributed by atoms with Gasteiger partial charge in [-0.15, -0.1) is 0 Å². The molecule has 1 unspecified atom stereocenters. The third-order valence-electron chi connectivity index (χ3n) is 4.98. The van der Waals surface area contributed by atoms with Gasteiger partial charge in [0, 0.05) is 23.6 Å². The van der Waals surface area contributed by atoms with Gasteiger partial charge in [0.25, 0.3) is 18.2 Å². The summed E-state index contributed by atoms with van der Waals surface area (Å²) in [5.74, 6) is 7.04. The SMILES string of the molecule is CC(=O)NC(C)(C(F)F)[C@H](NC(=O)c1ccc(C#CC#Cc2ccc(C(F)(F)F)cc2)cc1)C(=O)NO. The molecule has 37 heavy (non-hydrogen) atoms. The molecule has 194 valence electrons. The Morgan fingerprint density at radius 1 is 0.892 bits per heavy atom. The Morgan fingerprint density at radius 2 is 1.38 bits per heavy atom. The zero-order chi connectivity index (χ0) is 27.8. The molecule has 0 radical (unpaired) electrons. The largest absolute Gasteiger partial charge is 0.416 e. The van der Waals surface area contributed by atoms with Gasteiger partial charge in [0.1, 0.15) is 11.6 Å². The zero-order valence-electron chi connectivity index (χ0n) is 19.3. The predicted octanol–water partition coefficient (Wildman–Crippen LogP) is 2.87. The Kier molecular flexibility index (Phi) is 9.36. The van der Waals surface area contributed by atoms with Gasteiger partial charge in [0.05, 0.1) is 5.56 Å². The Labute approximate surface area is 208 Å². The second kappa shape index (κ2) is 12.0. The third kappa shape index (κ3) is 7.78. The summed E-state index contributed by atoms with van der Waals surface area (Å²) in [6.45, 7) is 1.79. The van der Waals surface area contributed by atoms with Crippen LogP contribution in [-0.2, 0) is 15.8 Å². The summed E-state index contributed by atoms with van der Waals surface area (Å²) < 4.78 is 65.2. The molecule has 0 heterocycles. The van der Waals surface area contributed by atoms with Crippen molar-refractivity contribution < 1.29 is 41.5 Å². The second-order valence-electron chi connectivity index (χ2n) is 7.80. The van der Waals surface area contributed by atoms with E-state index < -0.39 is 47.5 Å². The smallest absolute Gasteiger partial charge is 0.343 e. The topological polar surface area (TPSA) is 108 Å². The Balaban J connectivity index is 2.15. The minimum atomic E-state index is -4.45. The number of halogens is 5.